The predicted molar refractivity (Wildman–Crippen MR) is 66.5 cm³/mol. The number of hydrogen-bond acceptors (Lipinski definition) is 3. The highest BCUT2D eigenvalue weighted by molar-refractivity contribution is 6.32. The Morgan fingerprint density at radius 2 is 2.15 bits per heavy atom. The number of H-pyrrole nitrogens is 1. The fourth-order valence-corrected chi connectivity index (χ4v) is 1.54. The van der Waals surface area contributed by atoms with Gasteiger partial charge >= 0.3 is 12.3 Å². The maximum absolute atomic E-state index is 12.4. The number of carbonyl (C=O) groups is 1. The number of carbonyl (C=O) groups excluding carboxylic acids is 1. The van der Waals surface area contributed by atoms with Gasteiger partial charge in [-0.15, -0.1) is 0 Å². The first-order valence-corrected chi connectivity index (χ1v) is 6.15. The monoisotopic (exact) mass is 312 g/mol. The second-order valence-electron chi connectivity index (χ2n) is 3.68. The summed E-state index contributed by atoms with van der Waals surface area (Å²) >= 11 is 5.72. The van der Waals surface area contributed by atoms with Crippen LogP contribution in [0.4, 0.5) is 23.8 Å². The first kappa shape index (κ1) is 16.4. The van der Waals surface area contributed by atoms with Crippen LogP contribution in [-0.4, -0.2) is 25.8 Å². The zero-order valence-electron chi connectivity index (χ0n) is 10.6. The topological polar surface area (TPSA) is 64.5 Å². The third-order valence-electron chi connectivity index (χ3n) is 2.19. The molecule has 0 aromatic carbocycles. The van der Waals surface area contributed by atoms with Gasteiger partial charge in [0.05, 0.1) is 18.7 Å². The summed E-state index contributed by atoms with van der Waals surface area (Å²) < 4.78 is 41.9. The van der Waals surface area contributed by atoms with Crippen LogP contribution < -0.4 is 15.6 Å². The third-order valence-corrected chi connectivity index (χ3v) is 2.49. The average Bonchev–Trinajstić information content (AvgIpc) is 2.35. The molecule has 0 bridgehead atoms. The van der Waals surface area contributed by atoms with Crippen LogP contribution in [0.25, 0.3) is 0 Å². The number of hydrogen-bond donors (Lipinski definition) is 2. The highest BCUT2D eigenvalue weighted by Crippen LogP contribution is 2.30. The molecular formula is C11H14ClF3N3O2+. The van der Waals surface area contributed by atoms with Crippen molar-refractivity contribution in [2.45, 2.75) is 13.1 Å². The summed E-state index contributed by atoms with van der Waals surface area (Å²) in [5.41, 5.74) is -0.863. The smallest absolute Gasteiger partial charge is 0.419 e. The summed E-state index contributed by atoms with van der Waals surface area (Å²) in [6.45, 7) is 2.46. The molecule has 0 fully saturated rings. The van der Waals surface area contributed by atoms with E-state index in [0.717, 1.165) is 12.3 Å². The SMILES string of the molecule is CCOC(=O)NCCNc1[nH+]cc(C(F)(F)F)cc1Cl. The number of alkyl carbamates (subject to hydrolysis) is 1. The molecule has 3 N–H and O–H groups in total. The van der Waals surface area contributed by atoms with Gasteiger partial charge in [0.25, 0.3) is 5.82 Å². The minimum absolute atomic E-state index is 0.0871. The van der Waals surface area contributed by atoms with E-state index < -0.39 is 17.8 Å². The van der Waals surface area contributed by atoms with Crippen molar-refractivity contribution in [3.63, 3.8) is 0 Å². The van der Waals surface area contributed by atoms with Gasteiger partial charge in [-0.1, -0.05) is 11.6 Å². The van der Waals surface area contributed by atoms with Crippen molar-refractivity contribution in [3.05, 3.63) is 22.8 Å². The molecule has 0 saturated carbocycles. The Morgan fingerprint density at radius 1 is 1.45 bits per heavy atom. The Balaban J connectivity index is 2.47. The molecule has 1 aromatic rings. The van der Waals surface area contributed by atoms with Crippen LogP contribution in [-0.2, 0) is 10.9 Å². The highest BCUT2D eigenvalue weighted by atomic mass is 35.5. The summed E-state index contributed by atoms with van der Waals surface area (Å²) in [6.07, 6.45) is -4.20. The minimum Gasteiger partial charge on any atom is -0.450 e. The summed E-state index contributed by atoms with van der Waals surface area (Å²) in [7, 11) is 0. The van der Waals surface area contributed by atoms with E-state index in [9.17, 15) is 18.0 Å². The van der Waals surface area contributed by atoms with Gasteiger partial charge < -0.3 is 10.1 Å². The lowest BCUT2D eigenvalue weighted by Crippen LogP contribution is -2.30. The van der Waals surface area contributed by atoms with Crippen molar-refractivity contribution < 1.29 is 27.7 Å². The molecule has 0 spiro atoms. The summed E-state index contributed by atoms with van der Waals surface area (Å²) in [5, 5.41) is 5.13. The molecule has 1 rings (SSSR count). The number of anilines is 1. The molecule has 20 heavy (non-hydrogen) atoms. The van der Waals surface area contributed by atoms with Gasteiger partial charge in [-0.25, -0.2) is 9.78 Å². The molecular weight excluding hydrogens is 299 g/mol. The van der Waals surface area contributed by atoms with Crippen molar-refractivity contribution >= 4 is 23.5 Å². The van der Waals surface area contributed by atoms with Crippen molar-refractivity contribution in [2.75, 3.05) is 25.0 Å². The number of ether oxygens (including phenoxy) is 1. The van der Waals surface area contributed by atoms with Gasteiger partial charge in [-0.05, 0) is 13.0 Å². The van der Waals surface area contributed by atoms with Crippen molar-refractivity contribution in [1.29, 1.82) is 0 Å². The second-order valence-corrected chi connectivity index (χ2v) is 4.09. The summed E-state index contributed by atoms with van der Waals surface area (Å²) in [6, 6.07) is 0.819. The molecule has 0 aliphatic rings. The standard InChI is InChI=1S/C11H13ClF3N3O2/c1-2-20-10(19)17-4-3-16-9-8(12)5-7(6-18-9)11(13,14)15/h5-6H,2-4H2,1H3,(H,16,18)(H,17,19)/p+1. The molecule has 112 valence electrons. The van der Waals surface area contributed by atoms with E-state index in [4.69, 9.17) is 11.6 Å². The summed E-state index contributed by atoms with van der Waals surface area (Å²) in [5.74, 6) is 0.241. The molecule has 5 nitrogen and oxygen atoms in total. The second kappa shape index (κ2) is 7.18. The predicted octanol–water partition coefficient (Wildman–Crippen LogP) is 2.33. The van der Waals surface area contributed by atoms with E-state index in [1.807, 2.05) is 0 Å². The van der Waals surface area contributed by atoms with Gasteiger partial charge in [0.1, 0.15) is 17.8 Å². The molecule has 9 heteroatoms. The van der Waals surface area contributed by atoms with Crippen LogP contribution in [0.5, 0.6) is 0 Å². The maximum atomic E-state index is 12.4. The largest absolute Gasteiger partial charge is 0.450 e. The lowest BCUT2D eigenvalue weighted by atomic mass is 10.3. The lowest BCUT2D eigenvalue weighted by molar-refractivity contribution is -0.364. The van der Waals surface area contributed by atoms with Gasteiger partial charge in [0, 0.05) is 0 Å². The Bertz CT molecular complexity index is 469. The first-order valence-electron chi connectivity index (χ1n) is 5.77. The summed E-state index contributed by atoms with van der Waals surface area (Å²) in [4.78, 5) is 13.4. The van der Waals surface area contributed by atoms with E-state index >= 15 is 0 Å². The minimum atomic E-state index is -4.45. The molecule has 0 radical (unpaired) electrons. The van der Waals surface area contributed by atoms with Crippen LogP contribution in [0.2, 0.25) is 5.02 Å². The lowest BCUT2D eigenvalue weighted by Gasteiger charge is -2.07. The van der Waals surface area contributed by atoms with Crippen LogP contribution in [0, 0.1) is 0 Å². The first-order chi connectivity index (χ1) is 9.34. The van der Waals surface area contributed by atoms with E-state index in [-0.39, 0.29) is 30.5 Å². The molecule has 0 aliphatic heterocycles. The third kappa shape index (κ3) is 5.12. The Labute approximate surface area is 118 Å². The number of aromatic amines is 1. The van der Waals surface area contributed by atoms with E-state index in [2.05, 4.69) is 20.4 Å². The van der Waals surface area contributed by atoms with Crippen LogP contribution in [0.1, 0.15) is 12.5 Å². The van der Waals surface area contributed by atoms with Gasteiger partial charge in [0.2, 0.25) is 0 Å². The maximum Gasteiger partial charge on any atom is 0.419 e. The molecule has 1 heterocycles. The highest BCUT2D eigenvalue weighted by Gasteiger charge is 2.32. The number of rotatable bonds is 5. The van der Waals surface area contributed by atoms with Crippen molar-refractivity contribution in [2.24, 2.45) is 0 Å². The van der Waals surface area contributed by atoms with Gasteiger partial charge in [0.15, 0.2) is 0 Å². The molecule has 1 amide bonds. The average molecular weight is 313 g/mol. The molecule has 0 aliphatic carbocycles. The molecule has 0 atom stereocenters. The van der Waals surface area contributed by atoms with E-state index in [0.29, 0.717) is 0 Å². The molecule has 0 unspecified atom stereocenters. The van der Waals surface area contributed by atoms with Crippen molar-refractivity contribution in [1.82, 2.24) is 5.32 Å². The number of halogens is 4. The van der Waals surface area contributed by atoms with Crippen molar-refractivity contribution in [3.8, 4) is 0 Å². The fraction of sp³-hybridized carbons (Fsp3) is 0.455. The zero-order valence-corrected chi connectivity index (χ0v) is 11.4. The van der Waals surface area contributed by atoms with E-state index in [1.54, 1.807) is 6.92 Å². The van der Waals surface area contributed by atoms with Crippen LogP contribution in [0.15, 0.2) is 12.3 Å². The fourth-order valence-electron chi connectivity index (χ4n) is 1.30. The van der Waals surface area contributed by atoms with Crippen LogP contribution in [0.3, 0.4) is 0 Å². The Kier molecular flexibility index (Phi) is 5.87. The van der Waals surface area contributed by atoms with Gasteiger partial charge in [-0.3, -0.25) is 5.32 Å². The quantitative estimate of drug-likeness (QED) is 0.820. The zero-order chi connectivity index (χ0) is 15.2. The Hall–Kier alpha value is -1.70. The molecule has 0 saturated heterocycles. The number of amides is 1. The normalized spacial score (nSPS) is 11.1. The number of nitrogens with one attached hydrogen (secondary N) is 3. The molecule has 1 aromatic heterocycles. The Morgan fingerprint density at radius 3 is 2.70 bits per heavy atom. The van der Waals surface area contributed by atoms with Crippen LogP contribution >= 0.6 is 11.6 Å². The van der Waals surface area contributed by atoms with Gasteiger partial charge in [-0.2, -0.15) is 13.2 Å². The number of alkyl halides is 3. The van der Waals surface area contributed by atoms with E-state index in [1.165, 1.54) is 0 Å². The number of aromatic nitrogens is 1. The number of pyridine rings is 1.